The van der Waals surface area contributed by atoms with Gasteiger partial charge in [-0.05, 0) is 25.2 Å². The van der Waals surface area contributed by atoms with E-state index >= 15 is 0 Å². The number of hydrogen-bond donors (Lipinski definition) is 3. The Morgan fingerprint density at radius 1 is 1.65 bits per heavy atom. The summed E-state index contributed by atoms with van der Waals surface area (Å²) in [4.78, 5) is 0.149. The van der Waals surface area contributed by atoms with Gasteiger partial charge >= 0.3 is 0 Å². The number of aliphatic hydroxyl groups excluding tert-OH is 1. The highest BCUT2D eigenvalue weighted by Crippen LogP contribution is 2.32. The van der Waals surface area contributed by atoms with Crippen LogP contribution >= 0.6 is 0 Å². The summed E-state index contributed by atoms with van der Waals surface area (Å²) in [6.45, 7) is 1.94. The summed E-state index contributed by atoms with van der Waals surface area (Å²) < 4.78 is 26.6. The molecule has 1 heterocycles. The number of nitrogens with zero attached hydrogens (tertiary/aromatic N) is 1. The lowest BCUT2D eigenvalue weighted by Gasteiger charge is -2.37. The number of aromatic nitrogens is 2. The van der Waals surface area contributed by atoms with Crippen molar-refractivity contribution in [3.63, 3.8) is 0 Å². The highest BCUT2D eigenvalue weighted by atomic mass is 32.2. The summed E-state index contributed by atoms with van der Waals surface area (Å²) >= 11 is 0. The van der Waals surface area contributed by atoms with E-state index in [1.54, 1.807) is 0 Å². The molecule has 1 atom stereocenters. The van der Waals surface area contributed by atoms with E-state index < -0.39 is 10.0 Å². The highest BCUT2D eigenvalue weighted by Gasteiger charge is 2.35. The van der Waals surface area contributed by atoms with Gasteiger partial charge < -0.3 is 5.11 Å². The molecule has 0 unspecified atom stereocenters. The lowest BCUT2D eigenvalue weighted by atomic mass is 9.77. The smallest absolute Gasteiger partial charge is 0.243 e. The second-order valence-electron chi connectivity index (χ2n) is 4.46. The van der Waals surface area contributed by atoms with Gasteiger partial charge in [0.05, 0.1) is 12.3 Å². The van der Waals surface area contributed by atoms with Crippen molar-refractivity contribution in [3.05, 3.63) is 12.4 Å². The second-order valence-corrected chi connectivity index (χ2v) is 6.17. The van der Waals surface area contributed by atoms with E-state index in [4.69, 9.17) is 0 Å². The van der Waals surface area contributed by atoms with Crippen LogP contribution in [0.5, 0.6) is 0 Å². The third-order valence-electron chi connectivity index (χ3n) is 3.25. The monoisotopic (exact) mass is 259 g/mol. The van der Waals surface area contributed by atoms with E-state index in [9.17, 15) is 13.5 Å². The van der Waals surface area contributed by atoms with Crippen molar-refractivity contribution in [3.8, 4) is 0 Å². The highest BCUT2D eigenvalue weighted by molar-refractivity contribution is 7.89. The zero-order valence-corrected chi connectivity index (χ0v) is 10.4. The molecule has 1 aliphatic rings. The standard InChI is InChI=1S/C10H17N3O3S/c1-2-10(7-3-8(14)4-7)13-17(15,16)9-5-11-12-6-9/h5-8,10,13-14H,2-4H2,1H3,(H,11,12)/t7?,8?,10-/m1/s1. The SMILES string of the molecule is CC[C@@H](NS(=O)(=O)c1cn[nH]c1)C1CC(O)C1. The largest absolute Gasteiger partial charge is 0.393 e. The summed E-state index contributed by atoms with van der Waals surface area (Å²) in [6.07, 6.45) is 4.43. The van der Waals surface area contributed by atoms with Gasteiger partial charge in [0, 0.05) is 12.2 Å². The Balaban J connectivity index is 2.04. The van der Waals surface area contributed by atoms with Crippen LogP contribution < -0.4 is 4.72 Å². The van der Waals surface area contributed by atoms with Gasteiger partial charge in [0.15, 0.2) is 0 Å². The molecule has 0 aromatic carbocycles. The Morgan fingerprint density at radius 2 is 2.35 bits per heavy atom. The average molecular weight is 259 g/mol. The molecule has 96 valence electrons. The minimum Gasteiger partial charge on any atom is -0.393 e. The first-order chi connectivity index (χ1) is 8.03. The van der Waals surface area contributed by atoms with E-state index in [2.05, 4.69) is 14.9 Å². The Morgan fingerprint density at radius 3 is 2.82 bits per heavy atom. The molecule has 1 aromatic heterocycles. The zero-order valence-electron chi connectivity index (χ0n) is 9.63. The summed E-state index contributed by atoms with van der Waals surface area (Å²) in [5.74, 6) is 0.233. The Bertz CT molecular complexity index is 451. The van der Waals surface area contributed by atoms with Crippen LogP contribution in [-0.4, -0.2) is 35.9 Å². The first kappa shape index (κ1) is 12.5. The summed E-state index contributed by atoms with van der Waals surface area (Å²) in [5.41, 5.74) is 0. The minimum atomic E-state index is -3.49. The Hall–Kier alpha value is -0.920. The molecular weight excluding hydrogens is 242 g/mol. The molecule has 0 bridgehead atoms. The molecule has 1 saturated carbocycles. The van der Waals surface area contributed by atoms with Gasteiger partial charge in [0.25, 0.3) is 0 Å². The molecular formula is C10H17N3O3S. The predicted molar refractivity (Wildman–Crippen MR) is 61.7 cm³/mol. The van der Waals surface area contributed by atoms with E-state index in [1.165, 1.54) is 12.4 Å². The first-order valence-corrected chi connectivity index (χ1v) is 7.20. The quantitative estimate of drug-likeness (QED) is 0.705. The lowest BCUT2D eigenvalue weighted by Crippen LogP contribution is -2.46. The third kappa shape index (κ3) is 2.67. The van der Waals surface area contributed by atoms with Crippen LogP contribution in [-0.2, 0) is 10.0 Å². The molecule has 0 saturated heterocycles. The van der Waals surface area contributed by atoms with Gasteiger partial charge in [-0.3, -0.25) is 5.10 Å². The lowest BCUT2D eigenvalue weighted by molar-refractivity contribution is 0.0277. The maximum absolute atomic E-state index is 12.0. The van der Waals surface area contributed by atoms with Crippen LogP contribution in [0.3, 0.4) is 0 Å². The van der Waals surface area contributed by atoms with Gasteiger partial charge in [0.2, 0.25) is 10.0 Å². The van der Waals surface area contributed by atoms with Gasteiger partial charge in [0.1, 0.15) is 4.90 Å². The third-order valence-corrected chi connectivity index (χ3v) is 4.71. The van der Waals surface area contributed by atoms with Crippen molar-refractivity contribution in [2.75, 3.05) is 0 Å². The van der Waals surface area contributed by atoms with Crippen molar-refractivity contribution in [2.24, 2.45) is 5.92 Å². The summed E-state index contributed by atoms with van der Waals surface area (Å²) in [6, 6.07) is -0.113. The first-order valence-electron chi connectivity index (χ1n) is 5.72. The van der Waals surface area contributed by atoms with E-state index in [0.29, 0.717) is 19.3 Å². The van der Waals surface area contributed by atoms with Gasteiger partial charge in [-0.25, -0.2) is 13.1 Å². The van der Waals surface area contributed by atoms with Crippen molar-refractivity contribution in [1.82, 2.24) is 14.9 Å². The van der Waals surface area contributed by atoms with Crippen LogP contribution in [0, 0.1) is 5.92 Å². The topological polar surface area (TPSA) is 95.1 Å². The molecule has 1 aromatic rings. The minimum absolute atomic E-state index is 0.113. The van der Waals surface area contributed by atoms with E-state index in [0.717, 1.165) is 0 Å². The summed E-state index contributed by atoms with van der Waals surface area (Å²) in [5, 5.41) is 15.4. The summed E-state index contributed by atoms with van der Waals surface area (Å²) in [7, 11) is -3.49. The van der Waals surface area contributed by atoms with Gasteiger partial charge in [-0.2, -0.15) is 5.10 Å². The fraction of sp³-hybridized carbons (Fsp3) is 0.700. The number of H-pyrrole nitrogens is 1. The fourth-order valence-electron chi connectivity index (χ4n) is 2.12. The number of nitrogens with one attached hydrogen (secondary N) is 2. The molecule has 0 aliphatic heterocycles. The maximum atomic E-state index is 12.0. The zero-order chi connectivity index (χ0) is 12.5. The molecule has 6 nitrogen and oxygen atoms in total. The van der Waals surface area contributed by atoms with Crippen LogP contribution in [0.15, 0.2) is 17.3 Å². The van der Waals surface area contributed by atoms with E-state index in [-0.39, 0.29) is 23.0 Å². The van der Waals surface area contributed by atoms with Crippen LogP contribution in [0.25, 0.3) is 0 Å². The van der Waals surface area contributed by atoms with Gasteiger partial charge in [-0.1, -0.05) is 6.92 Å². The molecule has 0 radical (unpaired) electrons. The van der Waals surface area contributed by atoms with Gasteiger partial charge in [-0.15, -0.1) is 0 Å². The van der Waals surface area contributed by atoms with Crippen molar-refractivity contribution in [2.45, 2.75) is 43.2 Å². The number of aliphatic hydroxyl groups is 1. The normalized spacial score (nSPS) is 26.5. The molecule has 0 amide bonds. The molecule has 7 heteroatoms. The Kier molecular flexibility index (Phi) is 3.50. The molecule has 1 fully saturated rings. The number of rotatable bonds is 5. The van der Waals surface area contributed by atoms with Crippen LogP contribution in [0.4, 0.5) is 0 Å². The molecule has 1 aliphatic carbocycles. The van der Waals surface area contributed by atoms with Crippen LogP contribution in [0.1, 0.15) is 26.2 Å². The van der Waals surface area contributed by atoms with Crippen molar-refractivity contribution >= 4 is 10.0 Å². The predicted octanol–water partition coefficient (Wildman–Crippen LogP) is 0.237. The number of sulfonamides is 1. The average Bonchev–Trinajstić information content (AvgIpc) is 2.75. The second kappa shape index (κ2) is 4.75. The van der Waals surface area contributed by atoms with E-state index in [1.807, 2.05) is 6.92 Å². The number of hydrogen-bond acceptors (Lipinski definition) is 4. The van der Waals surface area contributed by atoms with Crippen LogP contribution in [0.2, 0.25) is 0 Å². The molecule has 0 spiro atoms. The number of aromatic amines is 1. The Labute approximate surface area is 100 Å². The fourth-order valence-corrected chi connectivity index (χ4v) is 3.42. The van der Waals surface area contributed by atoms with Crippen molar-refractivity contribution < 1.29 is 13.5 Å². The van der Waals surface area contributed by atoms with Crippen molar-refractivity contribution in [1.29, 1.82) is 0 Å². The molecule has 17 heavy (non-hydrogen) atoms. The molecule has 3 N–H and O–H groups in total. The maximum Gasteiger partial charge on any atom is 0.243 e. The molecule has 2 rings (SSSR count).